The van der Waals surface area contributed by atoms with Crippen molar-refractivity contribution in [2.75, 3.05) is 26.2 Å². The standard InChI is InChI=1S/C11H12N2O2/c1-2-12-5-7-13(8-6-12)11(14)10-4-3-9-15-10/h1,3-4,9H,5-8H2. The molecule has 4 nitrogen and oxygen atoms in total. The van der Waals surface area contributed by atoms with Gasteiger partial charge in [-0.3, -0.25) is 4.79 Å². The van der Waals surface area contributed by atoms with Crippen LogP contribution in [0.15, 0.2) is 22.8 Å². The average molecular weight is 204 g/mol. The van der Waals surface area contributed by atoms with Gasteiger partial charge in [0, 0.05) is 32.2 Å². The average Bonchev–Trinajstić information content (AvgIpc) is 2.82. The lowest BCUT2D eigenvalue weighted by molar-refractivity contribution is 0.0654. The summed E-state index contributed by atoms with van der Waals surface area (Å²) in [5.41, 5.74) is 0. The zero-order valence-corrected chi connectivity index (χ0v) is 8.35. The van der Waals surface area contributed by atoms with Crippen LogP contribution in [0.2, 0.25) is 0 Å². The molecule has 1 amide bonds. The molecule has 1 saturated heterocycles. The number of furan rings is 1. The Bertz CT molecular complexity index is 370. The Morgan fingerprint density at radius 1 is 1.40 bits per heavy atom. The molecule has 15 heavy (non-hydrogen) atoms. The Labute approximate surface area is 88.5 Å². The molecule has 2 heterocycles. The normalized spacial score (nSPS) is 16.2. The number of amides is 1. The number of nitrogens with zero attached hydrogens (tertiary/aromatic N) is 2. The van der Waals surface area contributed by atoms with E-state index in [1.165, 1.54) is 6.26 Å². The zero-order valence-electron chi connectivity index (χ0n) is 8.35. The minimum Gasteiger partial charge on any atom is -0.459 e. The maximum atomic E-state index is 11.8. The summed E-state index contributed by atoms with van der Waals surface area (Å²) in [5.74, 6) is 0.334. The van der Waals surface area contributed by atoms with Gasteiger partial charge in [0.2, 0.25) is 0 Å². The fraction of sp³-hybridized carbons (Fsp3) is 0.364. The number of rotatable bonds is 1. The highest BCUT2D eigenvalue weighted by atomic mass is 16.3. The Balaban J connectivity index is 1.97. The van der Waals surface area contributed by atoms with Crippen LogP contribution in [0.4, 0.5) is 0 Å². The van der Waals surface area contributed by atoms with Crippen molar-refractivity contribution in [3.8, 4) is 12.5 Å². The van der Waals surface area contributed by atoms with Gasteiger partial charge in [-0.15, -0.1) is 0 Å². The van der Waals surface area contributed by atoms with E-state index in [4.69, 9.17) is 10.8 Å². The second-order valence-electron chi connectivity index (χ2n) is 3.39. The smallest absolute Gasteiger partial charge is 0.289 e. The van der Waals surface area contributed by atoms with Gasteiger partial charge in [0.05, 0.1) is 6.26 Å². The van der Waals surface area contributed by atoms with Crippen molar-refractivity contribution in [3.05, 3.63) is 24.2 Å². The zero-order chi connectivity index (χ0) is 10.7. The Morgan fingerprint density at radius 3 is 2.67 bits per heavy atom. The lowest BCUT2D eigenvalue weighted by Crippen LogP contribution is -2.46. The number of terminal acetylenes is 1. The van der Waals surface area contributed by atoms with Crippen molar-refractivity contribution in [1.29, 1.82) is 0 Å². The van der Waals surface area contributed by atoms with Gasteiger partial charge in [0.25, 0.3) is 5.91 Å². The summed E-state index contributed by atoms with van der Waals surface area (Å²) < 4.78 is 5.06. The largest absolute Gasteiger partial charge is 0.459 e. The minimum absolute atomic E-state index is 0.0586. The molecule has 1 aromatic heterocycles. The first-order valence-corrected chi connectivity index (χ1v) is 4.85. The first kappa shape index (κ1) is 9.66. The molecule has 0 bridgehead atoms. The predicted octanol–water partition coefficient (Wildman–Crippen LogP) is 0.628. The number of carbonyl (C=O) groups is 1. The monoisotopic (exact) mass is 204 g/mol. The highest BCUT2D eigenvalue weighted by Crippen LogP contribution is 2.08. The van der Waals surface area contributed by atoms with Crippen molar-refractivity contribution in [2.45, 2.75) is 0 Å². The van der Waals surface area contributed by atoms with E-state index in [9.17, 15) is 4.79 Å². The molecule has 0 aliphatic carbocycles. The van der Waals surface area contributed by atoms with Crippen LogP contribution in [-0.2, 0) is 0 Å². The van der Waals surface area contributed by atoms with Crippen molar-refractivity contribution in [2.24, 2.45) is 0 Å². The topological polar surface area (TPSA) is 36.7 Å². The molecular weight excluding hydrogens is 192 g/mol. The fourth-order valence-electron chi connectivity index (χ4n) is 1.59. The van der Waals surface area contributed by atoms with Crippen LogP contribution in [0.3, 0.4) is 0 Å². The highest BCUT2D eigenvalue weighted by molar-refractivity contribution is 5.91. The van der Waals surface area contributed by atoms with Crippen LogP contribution in [0.5, 0.6) is 0 Å². The summed E-state index contributed by atoms with van der Waals surface area (Å²) in [7, 11) is 0. The molecule has 2 rings (SSSR count). The maximum Gasteiger partial charge on any atom is 0.289 e. The quantitative estimate of drug-likeness (QED) is 0.629. The van der Waals surface area contributed by atoms with E-state index in [0.29, 0.717) is 18.8 Å². The second kappa shape index (κ2) is 4.09. The van der Waals surface area contributed by atoms with Gasteiger partial charge in [-0.05, 0) is 12.1 Å². The summed E-state index contributed by atoms with van der Waals surface area (Å²) in [4.78, 5) is 15.4. The van der Waals surface area contributed by atoms with E-state index in [1.54, 1.807) is 17.0 Å². The number of carbonyl (C=O) groups excluding carboxylic acids is 1. The van der Waals surface area contributed by atoms with Crippen LogP contribution in [-0.4, -0.2) is 41.9 Å². The summed E-state index contributed by atoms with van der Waals surface area (Å²) in [6.45, 7) is 2.76. The van der Waals surface area contributed by atoms with E-state index >= 15 is 0 Å². The molecule has 1 aromatic rings. The molecule has 0 radical (unpaired) electrons. The molecule has 0 unspecified atom stereocenters. The van der Waals surface area contributed by atoms with E-state index in [0.717, 1.165) is 13.1 Å². The Morgan fingerprint density at radius 2 is 2.13 bits per heavy atom. The van der Waals surface area contributed by atoms with Gasteiger partial charge < -0.3 is 14.2 Å². The molecule has 0 atom stereocenters. The Kier molecular flexibility index (Phi) is 2.64. The van der Waals surface area contributed by atoms with Crippen molar-refractivity contribution >= 4 is 5.91 Å². The molecule has 0 N–H and O–H groups in total. The molecule has 78 valence electrons. The van der Waals surface area contributed by atoms with E-state index in [1.807, 2.05) is 4.90 Å². The molecule has 0 aromatic carbocycles. The Hall–Kier alpha value is -1.89. The lowest BCUT2D eigenvalue weighted by Gasteiger charge is -2.31. The SMILES string of the molecule is C#CN1CCN(C(=O)c2ccco2)CC1. The summed E-state index contributed by atoms with van der Waals surface area (Å²) >= 11 is 0. The lowest BCUT2D eigenvalue weighted by atomic mass is 10.3. The molecule has 0 saturated carbocycles. The van der Waals surface area contributed by atoms with Gasteiger partial charge in [0.1, 0.15) is 0 Å². The third kappa shape index (κ3) is 1.96. The molecule has 1 fully saturated rings. The van der Waals surface area contributed by atoms with Crippen molar-refractivity contribution in [1.82, 2.24) is 9.80 Å². The first-order valence-electron chi connectivity index (χ1n) is 4.85. The molecule has 4 heteroatoms. The fourth-order valence-corrected chi connectivity index (χ4v) is 1.59. The van der Waals surface area contributed by atoms with Crippen LogP contribution in [0.25, 0.3) is 0 Å². The van der Waals surface area contributed by atoms with Gasteiger partial charge in [-0.2, -0.15) is 0 Å². The molecular formula is C11H12N2O2. The second-order valence-corrected chi connectivity index (χ2v) is 3.39. The molecule has 1 aliphatic rings. The minimum atomic E-state index is -0.0586. The van der Waals surface area contributed by atoms with Crippen molar-refractivity contribution in [3.63, 3.8) is 0 Å². The van der Waals surface area contributed by atoms with Crippen LogP contribution < -0.4 is 0 Å². The van der Waals surface area contributed by atoms with Crippen LogP contribution >= 0.6 is 0 Å². The van der Waals surface area contributed by atoms with E-state index in [-0.39, 0.29) is 5.91 Å². The number of piperazine rings is 1. The summed E-state index contributed by atoms with van der Waals surface area (Å²) in [6.07, 6.45) is 6.78. The van der Waals surface area contributed by atoms with Gasteiger partial charge >= 0.3 is 0 Å². The number of hydrogen-bond acceptors (Lipinski definition) is 3. The number of hydrogen-bond donors (Lipinski definition) is 0. The summed E-state index contributed by atoms with van der Waals surface area (Å²) in [6, 6.07) is 5.96. The van der Waals surface area contributed by atoms with Gasteiger partial charge in [-0.1, -0.05) is 6.42 Å². The van der Waals surface area contributed by atoms with Crippen LogP contribution in [0.1, 0.15) is 10.6 Å². The van der Waals surface area contributed by atoms with E-state index in [2.05, 4.69) is 6.04 Å². The van der Waals surface area contributed by atoms with Gasteiger partial charge in [-0.25, -0.2) is 0 Å². The summed E-state index contributed by atoms with van der Waals surface area (Å²) in [5, 5.41) is 0. The van der Waals surface area contributed by atoms with Crippen molar-refractivity contribution < 1.29 is 9.21 Å². The van der Waals surface area contributed by atoms with E-state index < -0.39 is 0 Å². The third-order valence-electron chi connectivity index (χ3n) is 2.48. The van der Waals surface area contributed by atoms with Gasteiger partial charge in [0.15, 0.2) is 5.76 Å². The molecule has 1 aliphatic heterocycles. The maximum absolute atomic E-state index is 11.8. The molecule has 0 spiro atoms. The first-order chi connectivity index (χ1) is 7.31. The van der Waals surface area contributed by atoms with Crippen LogP contribution in [0, 0.1) is 12.5 Å². The highest BCUT2D eigenvalue weighted by Gasteiger charge is 2.22. The predicted molar refractivity (Wildman–Crippen MR) is 55.0 cm³/mol. The third-order valence-corrected chi connectivity index (χ3v) is 2.48.